The smallest absolute Gasteiger partial charge is 0.364 e. The van der Waals surface area contributed by atoms with Gasteiger partial charge < -0.3 is 15.8 Å². The number of nitrogens with zero attached hydrogens (tertiary/aromatic N) is 2. The van der Waals surface area contributed by atoms with Crippen LogP contribution in [0.1, 0.15) is 16.1 Å². The zero-order chi connectivity index (χ0) is 10.0. The van der Waals surface area contributed by atoms with Crippen molar-refractivity contribution in [2.45, 2.75) is 6.92 Å². The summed E-state index contributed by atoms with van der Waals surface area (Å²) in [7, 11) is 0. The summed E-state index contributed by atoms with van der Waals surface area (Å²) in [5.41, 5.74) is 5.45. The van der Waals surface area contributed by atoms with E-state index in [-0.39, 0.29) is 11.4 Å². The third-order valence-electron chi connectivity index (χ3n) is 1.41. The first kappa shape index (κ1) is 9.11. The molecule has 68 valence electrons. The molecule has 2 N–H and O–H groups in total. The second-order valence-electron chi connectivity index (χ2n) is 2.48. The lowest BCUT2D eigenvalue weighted by Crippen LogP contribution is -2.12. The van der Waals surface area contributed by atoms with Gasteiger partial charge in [-0.3, -0.25) is 4.79 Å². The molecule has 0 aliphatic heterocycles. The van der Waals surface area contributed by atoms with E-state index in [1.54, 1.807) is 6.92 Å². The van der Waals surface area contributed by atoms with Crippen molar-refractivity contribution in [1.82, 2.24) is 4.98 Å². The number of pyridine rings is 1. The topological polar surface area (TPSA) is 99.1 Å². The molecule has 1 amide bonds. The molecule has 0 atom stereocenters. The van der Waals surface area contributed by atoms with Crippen LogP contribution in [0.3, 0.4) is 0 Å². The summed E-state index contributed by atoms with van der Waals surface area (Å²) in [6.45, 7) is 1.56. The number of carbonyl (C=O) groups is 1. The van der Waals surface area contributed by atoms with Crippen LogP contribution in [-0.4, -0.2) is 15.8 Å². The van der Waals surface area contributed by atoms with E-state index in [1.165, 1.54) is 6.07 Å². The molecular formula is C7H7N3O3. The molecule has 0 aromatic carbocycles. The van der Waals surface area contributed by atoms with E-state index in [1.807, 2.05) is 0 Å². The highest BCUT2D eigenvalue weighted by atomic mass is 16.6. The number of rotatable bonds is 2. The predicted octanol–water partition coefficient (Wildman–Crippen LogP) is 0.397. The number of nitro groups is 1. The van der Waals surface area contributed by atoms with Gasteiger partial charge in [0.25, 0.3) is 0 Å². The number of hydrogen-bond donors (Lipinski definition) is 1. The lowest BCUT2D eigenvalue weighted by atomic mass is 10.2. The highest BCUT2D eigenvalue weighted by Crippen LogP contribution is 2.11. The van der Waals surface area contributed by atoms with Crippen molar-refractivity contribution in [2.75, 3.05) is 0 Å². The van der Waals surface area contributed by atoms with Gasteiger partial charge in [-0.05, 0) is 16.0 Å². The molecule has 1 rings (SSSR count). The van der Waals surface area contributed by atoms with Crippen LogP contribution in [-0.2, 0) is 0 Å². The first-order valence-corrected chi connectivity index (χ1v) is 3.43. The Balaban J connectivity index is 3.26. The van der Waals surface area contributed by atoms with Gasteiger partial charge in [0, 0.05) is 13.0 Å². The summed E-state index contributed by atoms with van der Waals surface area (Å²) in [6, 6.07) is 2.45. The molecule has 0 fully saturated rings. The second-order valence-corrected chi connectivity index (χ2v) is 2.48. The van der Waals surface area contributed by atoms with Gasteiger partial charge in [0.05, 0.1) is 5.56 Å². The van der Waals surface area contributed by atoms with Crippen LogP contribution < -0.4 is 5.73 Å². The number of amides is 1. The quantitative estimate of drug-likeness (QED) is 0.527. The van der Waals surface area contributed by atoms with Gasteiger partial charge >= 0.3 is 5.82 Å². The molecule has 1 aromatic rings. The Hall–Kier alpha value is -1.98. The third kappa shape index (κ3) is 1.98. The largest absolute Gasteiger partial charge is 0.366 e. The van der Waals surface area contributed by atoms with Crippen LogP contribution in [0.15, 0.2) is 12.1 Å². The number of carbonyl (C=O) groups excluding carboxylic acids is 1. The Morgan fingerprint density at radius 1 is 1.62 bits per heavy atom. The van der Waals surface area contributed by atoms with E-state index in [4.69, 9.17) is 5.73 Å². The minimum Gasteiger partial charge on any atom is -0.366 e. The molecule has 0 aliphatic carbocycles. The van der Waals surface area contributed by atoms with Gasteiger partial charge in [0.15, 0.2) is 5.69 Å². The molecule has 0 saturated carbocycles. The Kier molecular flexibility index (Phi) is 2.23. The van der Waals surface area contributed by atoms with Crippen LogP contribution >= 0.6 is 0 Å². The molecule has 1 heterocycles. The molecule has 0 spiro atoms. The molecule has 1 aromatic heterocycles. The Morgan fingerprint density at radius 3 is 2.69 bits per heavy atom. The second kappa shape index (κ2) is 3.18. The summed E-state index contributed by atoms with van der Waals surface area (Å²) >= 11 is 0. The van der Waals surface area contributed by atoms with Gasteiger partial charge in [0.2, 0.25) is 5.91 Å². The molecular weight excluding hydrogens is 174 g/mol. The fourth-order valence-corrected chi connectivity index (χ4v) is 0.887. The zero-order valence-corrected chi connectivity index (χ0v) is 6.85. The summed E-state index contributed by atoms with van der Waals surface area (Å²) in [4.78, 5) is 24.0. The van der Waals surface area contributed by atoms with Crippen molar-refractivity contribution < 1.29 is 9.72 Å². The number of aryl methyl sites for hydroxylation is 1. The Morgan fingerprint density at radius 2 is 2.23 bits per heavy atom. The van der Waals surface area contributed by atoms with Crippen molar-refractivity contribution in [3.05, 3.63) is 33.5 Å². The predicted molar refractivity (Wildman–Crippen MR) is 44.1 cm³/mol. The highest BCUT2D eigenvalue weighted by Gasteiger charge is 2.12. The van der Waals surface area contributed by atoms with Gasteiger partial charge in [-0.15, -0.1) is 0 Å². The van der Waals surface area contributed by atoms with Crippen molar-refractivity contribution in [2.24, 2.45) is 5.73 Å². The molecule has 0 aliphatic rings. The third-order valence-corrected chi connectivity index (χ3v) is 1.41. The lowest BCUT2D eigenvalue weighted by molar-refractivity contribution is -0.389. The van der Waals surface area contributed by atoms with E-state index in [2.05, 4.69) is 4.98 Å². The molecule has 0 bridgehead atoms. The SMILES string of the molecule is Cc1cc(C(N)=O)cc([N+](=O)[O-])n1. The van der Waals surface area contributed by atoms with Crippen LogP contribution in [0.5, 0.6) is 0 Å². The highest BCUT2D eigenvalue weighted by molar-refractivity contribution is 5.93. The molecule has 6 heteroatoms. The van der Waals surface area contributed by atoms with E-state index in [0.717, 1.165) is 6.07 Å². The maximum absolute atomic E-state index is 10.7. The van der Waals surface area contributed by atoms with Crippen LogP contribution in [0, 0.1) is 17.0 Å². The maximum atomic E-state index is 10.7. The number of aromatic nitrogens is 1. The summed E-state index contributed by atoms with van der Waals surface area (Å²) < 4.78 is 0. The fraction of sp³-hybridized carbons (Fsp3) is 0.143. The van der Waals surface area contributed by atoms with Crippen molar-refractivity contribution in [1.29, 1.82) is 0 Å². The first-order valence-electron chi connectivity index (χ1n) is 3.43. The normalized spacial score (nSPS) is 9.62. The average Bonchev–Trinajstić information content (AvgIpc) is 2.03. The van der Waals surface area contributed by atoms with E-state index in [0.29, 0.717) is 5.69 Å². The average molecular weight is 181 g/mol. The van der Waals surface area contributed by atoms with Crippen LogP contribution in [0.4, 0.5) is 5.82 Å². The summed E-state index contributed by atoms with van der Waals surface area (Å²) in [6.07, 6.45) is 0. The van der Waals surface area contributed by atoms with E-state index in [9.17, 15) is 14.9 Å². The van der Waals surface area contributed by atoms with Gasteiger partial charge in [0.1, 0.15) is 0 Å². The lowest BCUT2D eigenvalue weighted by Gasteiger charge is -1.96. The first-order chi connectivity index (χ1) is 6.00. The fourth-order valence-electron chi connectivity index (χ4n) is 0.887. The van der Waals surface area contributed by atoms with Crippen LogP contribution in [0.2, 0.25) is 0 Å². The summed E-state index contributed by atoms with van der Waals surface area (Å²) in [5, 5.41) is 10.3. The zero-order valence-electron chi connectivity index (χ0n) is 6.85. The van der Waals surface area contributed by atoms with Crippen LogP contribution in [0.25, 0.3) is 0 Å². The van der Waals surface area contributed by atoms with Crippen molar-refractivity contribution in [3.63, 3.8) is 0 Å². The molecule has 0 radical (unpaired) electrons. The van der Waals surface area contributed by atoms with Gasteiger partial charge in [-0.2, -0.15) is 0 Å². The molecule has 0 saturated heterocycles. The Labute approximate surface area is 73.5 Å². The maximum Gasteiger partial charge on any atom is 0.364 e. The van der Waals surface area contributed by atoms with Crippen molar-refractivity contribution in [3.8, 4) is 0 Å². The van der Waals surface area contributed by atoms with E-state index >= 15 is 0 Å². The van der Waals surface area contributed by atoms with Crippen molar-refractivity contribution >= 4 is 11.7 Å². The monoisotopic (exact) mass is 181 g/mol. The molecule has 6 nitrogen and oxygen atoms in total. The summed E-state index contributed by atoms with van der Waals surface area (Å²) in [5.74, 6) is -1.07. The van der Waals surface area contributed by atoms with E-state index < -0.39 is 10.8 Å². The van der Waals surface area contributed by atoms with Gasteiger partial charge in [-0.25, -0.2) is 0 Å². The number of nitrogens with two attached hydrogens (primary N) is 1. The minimum atomic E-state index is -0.700. The number of hydrogen-bond acceptors (Lipinski definition) is 4. The standard InChI is InChI=1S/C7H7N3O3/c1-4-2-5(7(8)11)3-6(9-4)10(12)13/h2-3H,1H3,(H2,8,11). The number of primary amides is 1. The Bertz CT molecular complexity index is 343. The minimum absolute atomic E-state index is 0.0965. The molecule has 0 unspecified atom stereocenters. The van der Waals surface area contributed by atoms with Gasteiger partial charge in [-0.1, -0.05) is 0 Å². The molecule has 13 heavy (non-hydrogen) atoms.